The highest BCUT2D eigenvalue weighted by atomic mass is 35.5. The van der Waals surface area contributed by atoms with Gasteiger partial charge in [0.25, 0.3) is 0 Å². The minimum Gasteiger partial charge on any atom is -0.151 e. The van der Waals surface area contributed by atoms with E-state index in [1.165, 1.54) is 4.88 Å². The number of thiophene rings is 2. The molecule has 0 aliphatic carbocycles. The van der Waals surface area contributed by atoms with Gasteiger partial charge in [-0.3, -0.25) is 0 Å². The van der Waals surface area contributed by atoms with Crippen LogP contribution in [0.1, 0.15) is 0 Å². The van der Waals surface area contributed by atoms with Crippen LogP contribution < -0.4 is 0 Å². The molecule has 0 N–H and O–H groups in total. The standard InChI is InChI=1S/C8H4ClS2/c9-8-2-1-7(11-8)6-3-4-10-5-6/h1-2,4-5H. The summed E-state index contributed by atoms with van der Waals surface area (Å²) in [5.41, 5.74) is 1.15. The van der Waals surface area contributed by atoms with E-state index in [-0.39, 0.29) is 0 Å². The molecule has 0 saturated heterocycles. The Hall–Kier alpha value is -0.310. The lowest BCUT2D eigenvalue weighted by atomic mass is 10.3. The van der Waals surface area contributed by atoms with E-state index in [0.717, 1.165) is 9.90 Å². The fourth-order valence-electron chi connectivity index (χ4n) is 0.822. The topological polar surface area (TPSA) is 0 Å². The SMILES string of the molecule is Clc1ccc(-c2[c]csc2)s1. The van der Waals surface area contributed by atoms with Gasteiger partial charge in [-0.05, 0) is 22.9 Å². The van der Waals surface area contributed by atoms with E-state index in [2.05, 4.69) is 11.4 Å². The first-order valence-electron chi connectivity index (χ1n) is 3.06. The Balaban J connectivity index is 2.45. The van der Waals surface area contributed by atoms with Crippen molar-refractivity contribution in [1.29, 1.82) is 0 Å². The molecule has 3 heteroatoms. The smallest absolute Gasteiger partial charge is 0.0934 e. The number of rotatable bonds is 1. The zero-order valence-corrected chi connectivity index (χ0v) is 7.89. The van der Waals surface area contributed by atoms with Gasteiger partial charge in [-0.1, -0.05) is 11.6 Å². The summed E-state index contributed by atoms with van der Waals surface area (Å²) in [7, 11) is 0. The average molecular weight is 200 g/mol. The molecule has 0 atom stereocenters. The van der Waals surface area contributed by atoms with Crippen LogP contribution in [0.3, 0.4) is 0 Å². The van der Waals surface area contributed by atoms with Gasteiger partial charge in [-0.2, -0.15) is 11.3 Å². The normalized spacial score (nSPS) is 10.3. The lowest BCUT2D eigenvalue weighted by Gasteiger charge is -1.85. The maximum atomic E-state index is 5.79. The summed E-state index contributed by atoms with van der Waals surface area (Å²) >= 11 is 9.02. The summed E-state index contributed by atoms with van der Waals surface area (Å²) in [5.74, 6) is 0. The molecule has 2 aromatic heterocycles. The van der Waals surface area contributed by atoms with E-state index in [9.17, 15) is 0 Å². The van der Waals surface area contributed by atoms with Crippen molar-refractivity contribution in [3.8, 4) is 10.4 Å². The van der Waals surface area contributed by atoms with Crippen molar-refractivity contribution in [2.75, 3.05) is 0 Å². The summed E-state index contributed by atoms with van der Waals surface area (Å²) in [6.07, 6.45) is 0. The van der Waals surface area contributed by atoms with Gasteiger partial charge in [0.2, 0.25) is 0 Å². The maximum Gasteiger partial charge on any atom is 0.0934 e. The Morgan fingerprint density at radius 1 is 1.36 bits per heavy atom. The predicted molar refractivity (Wildman–Crippen MR) is 51.5 cm³/mol. The van der Waals surface area contributed by atoms with Gasteiger partial charge >= 0.3 is 0 Å². The second kappa shape index (κ2) is 2.97. The second-order valence-electron chi connectivity index (χ2n) is 2.03. The zero-order valence-electron chi connectivity index (χ0n) is 5.50. The van der Waals surface area contributed by atoms with E-state index in [1.54, 1.807) is 22.7 Å². The minimum absolute atomic E-state index is 0.833. The van der Waals surface area contributed by atoms with Crippen LogP contribution in [0.2, 0.25) is 4.34 Å². The summed E-state index contributed by atoms with van der Waals surface area (Å²) in [6.45, 7) is 0. The van der Waals surface area contributed by atoms with E-state index < -0.39 is 0 Å². The zero-order chi connectivity index (χ0) is 7.68. The number of hydrogen-bond donors (Lipinski definition) is 0. The van der Waals surface area contributed by atoms with Gasteiger partial charge in [0.15, 0.2) is 0 Å². The van der Waals surface area contributed by atoms with Crippen LogP contribution in [-0.2, 0) is 0 Å². The first kappa shape index (κ1) is 7.35. The lowest BCUT2D eigenvalue weighted by Crippen LogP contribution is -1.59. The van der Waals surface area contributed by atoms with E-state index >= 15 is 0 Å². The van der Waals surface area contributed by atoms with Crippen molar-refractivity contribution in [3.05, 3.63) is 33.3 Å². The molecular weight excluding hydrogens is 196 g/mol. The van der Waals surface area contributed by atoms with Crippen molar-refractivity contribution in [1.82, 2.24) is 0 Å². The van der Waals surface area contributed by atoms with Crippen molar-refractivity contribution in [2.45, 2.75) is 0 Å². The molecule has 2 rings (SSSR count). The molecular formula is C8H4ClS2. The quantitative estimate of drug-likeness (QED) is 0.653. The fourth-order valence-corrected chi connectivity index (χ4v) is 2.51. The van der Waals surface area contributed by atoms with Gasteiger partial charge in [0, 0.05) is 16.5 Å². The van der Waals surface area contributed by atoms with E-state index in [1.807, 2.05) is 17.5 Å². The van der Waals surface area contributed by atoms with Crippen LogP contribution in [0.5, 0.6) is 0 Å². The Bertz CT molecular complexity index is 335. The van der Waals surface area contributed by atoms with Crippen molar-refractivity contribution >= 4 is 34.3 Å². The molecule has 0 nitrogen and oxygen atoms in total. The Labute approximate surface area is 78.1 Å². The first-order chi connectivity index (χ1) is 5.36. The molecule has 0 unspecified atom stereocenters. The molecule has 0 spiro atoms. The highest BCUT2D eigenvalue weighted by Gasteiger charge is 2.00. The van der Waals surface area contributed by atoms with E-state index in [4.69, 9.17) is 11.6 Å². The molecule has 0 aliphatic heterocycles. The molecule has 55 valence electrons. The van der Waals surface area contributed by atoms with Crippen LogP contribution in [0, 0.1) is 6.07 Å². The molecule has 0 bridgehead atoms. The highest BCUT2D eigenvalue weighted by Crippen LogP contribution is 2.31. The fraction of sp³-hybridized carbons (Fsp3) is 0. The van der Waals surface area contributed by atoms with E-state index in [0.29, 0.717) is 0 Å². The summed E-state index contributed by atoms with van der Waals surface area (Å²) < 4.78 is 0.833. The van der Waals surface area contributed by atoms with Crippen molar-refractivity contribution in [2.24, 2.45) is 0 Å². The van der Waals surface area contributed by atoms with Gasteiger partial charge in [-0.15, -0.1) is 11.3 Å². The van der Waals surface area contributed by atoms with Crippen LogP contribution in [-0.4, -0.2) is 0 Å². The minimum atomic E-state index is 0.833. The van der Waals surface area contributed by atoms with Crippen molar-refractivity contribution < 1.29 is 0 Å². The Morgan fingerprint density at radius 2 is 2.27 bits per heavy atom. The van der Waals surface area contributed by atoms with Crippen LogP contribution in [0.4, 0.5) is 0 Å². The largest absolute Gasteiger partial charge is 0.151 e. The molecule has 0 saturated carbocycles. The third-order valence-corrected chi connectivity index (χ3v) is 3.20. The third kappa shape index (κ3) is 1.48. The third-order valence-electron chi connectivity index (χ3n) is 1.31. The first-order valence-corrected chi connectivity index (χ1v) is 5.19. The second-order valence-corrected chi connectivity index (χ2v) is 4.49. The van der Waals surface area contributed by atoms with Crippen LogP contribution in [0.25, 0.3) is 10.4 Å². The molecule has 0 fully saturated rings. The van der Waals surface area contributed by atoms with Crippen LogP contribution in [0.15, 0.2) is 22.9 Å². The molecule has 2 aromatic rings. The van der Waals surface area contributed by atoms with Gasteiger partial charge in [0.1, 0.15) is 0 Å². The summed E-state index contributed by atoms with van der Waals surface area (Å²) in [6, 6.07) is 7.07. The Morgan fingerprint density at radius 3 is 2.82 bits per heavy atom. The molecule has 0 amide bonds. The molecule has 11 heavy (non-hydrogen) atoms. The number of halogens is 1. The lowest BCUT2D eigenvalue weighted by molar-refractivity contribution is 1.87. The highest BCUT2D eigenvalue weighted by molar-refractivity contribution is 7.19. The molecule has 0 aromatic carbocycles. The van der Waals surface area contributed by atoms with Gasteiger partial charge in [-0.25, -0.2) is 0 Å². The average Bonchev–Trinajstić information content (AvgIpc) is 2.55. The molecule has 2 heterocycles. The van der Waals surface area contributed by atoms with Gasteiger partial charge in [0.05, 0.1) is 4.34 Å². The Kier molecular flexibility index (Phi) is 1.98. The van der Waals surface area contributed by atoms with Crippen LogP contribution >= 0.6 is 34.3 Å². The molecule has 1 radical (unpaired) electrons. The maximum absolute atomic E-state index is 5.79. The summed E-state index contributed by atoms with van der Waals surface area (Å²) in [4.78, 5) is 1.19. The van der Waals surface area contributed by atoms with Crippen molar-refractivity contribution in [3.63, 3.8) is 0 Å². The molecule has 0 aliphatic rings. The summed E-state index contributed by atoms with van der Waals surface area (Å²) in [5, 5.41) is 4.02. The predicted octanol–water partition coefficient (Wildman–Crippen LogP) is 3.93. The van der Waals surface area contributed by atoms with Gasteiger partial charge < -0.3 is 0 Å². The number of hydrogen-bond acceptors (Lipinski definition) is 2. The monoisotopic (exact) mass is 199 g/mol.